The Kier molecular flexibility index (Phi) is 5.25. The van der Waals surface area contributed by atoms with Gasteiger partial charge in [-0.25, -0.2) is 18.5 Å². The number of fused-ring (bicyclic) bond motifs is 1. The van der Waals surface area contributed by atoms with Crippen molar-refractivity contribution in [3.63, 3.8) is 0 Å². The highest BCUT2D eigenvalue weighted by Gasteiger charge is 2.15. The average molecular weight is 341 g/mol. The molecule has 0 amide bonds. The topological polar surface area (TPSA) is 95.0 Å². The molecule has 2 N–H and O–H groups in total. The largest absolute Gasteiger partial charge is 0.319 e. The second-order valence-electron chi connectivity index (χ2n) is 4.92. The van der Waals surface area contributed by atoms with Crippen LogP contribution in [0.25, 0.3) is 11.0 Å². The molecule has 0 radical (unpaired) electrons. The van der Waals surface area contributed by atoms with Gasteiger partial charge in [0.15, 0.2) is 5.16 Å². The Hall–Kier alpha value is -1.38. The van der Waals surface area contributed by atoms with Crippen LogP contribution in [0.5, 0.6) is 0 Å². The van der Waals surface area contributed by atoms with Gasteiger partial charge in [-0.15, -0.1) is 0 Å². The number of Topliss-reactive ketones (excluding diaryl/α,β-unsaturated/α-hetero) is 1. The third-order valence-corrected chi connectivity index (χ3v) is 5.16. The van der Waals surface area contributed by atoms with Gasteiger partial charge in [0, 0.05) is 13.0 Å². The maximum Gasteiger partial charge on any atom is 0.238 e. The molecule has 6 nitrogen and oxygen atoms in total. The van der Waals surface area contributed by atoms with Gasteiger partial charge in [0.05, 0.1) is 21.7 Å². The SMILES string of the molecule is CCCn1c(SCC(=O)CC)nc2cc(S(N)(=O)=O)ccc21. The van der Waals surface area contributed by atoms with Gasteiger partial charge in [0.1, 0.15) is 5.78 Å². The van der Waals surface area contributed by atoms with Crippen LogP contribution >= 0.6 is 11.8 Å². The molecular weight excluding hydrogens is 322 g/mol. The molecule has 0 aliphatic heterocycles. The summed E-state index contributed by atoms with van der Waals surface area (Å²) in [6.45, 7) is 4.64. The fourth-order valence-electron chi connectivity index (χ4n) is 2.06. The molecule has 1 heterocycles. The molecule has 0 saturated carbocycles. The van der Waals surface area contributed by atoms with Crippen LogP contribution in [-0.2, 0) is 21.4 Å². The summed E-state index contributed by atoms with van der Waals surface area (Å²) in [4.78, 5) is 16.0. The number of carbonyl (C=O) groups is 1. The quantitative estimate of drug-likeness (QED) is 0.779. The molecule has 0 aliphatic carbocycles. The van der Waals surface area contributed by atoms with Gasteiger partial charge in [-0.1, -0.05) is 25.6 Å². The summed E-state index contributed by atoms with van der Waals surface area (Å²) in [5.41, 5.74) is 1.42. The second-order valence-corrected chi connectivity index (χ2v) is 7.43. The summed E-state index contributed by atoms with van der Waals surface area (Å²) in [5.74, 6) is 0.524. The van der Waals surface area contributed by atoms with Gasteiger partial charge in [-0.05, 0) is 24.6 Å². The maximum absolute atomic E-state index is 11.5. The molecule has 0 saturated heterocycles. The van der Waals surface area contributed by atoms with E-state index in [1.54, 1.807) is 6.07 Å². The molecule has 120 valence electrons. The summed E-state index contributed by atoms with van der Waals surface area (Å²) in [6.07, 6.45) is 1.41. The van der Waals surface area contributed by atoms with Crippen molar-refractivity contribution in [1.82, 2.24) is 9.55 Å². The lowest BCUT2D eigenvalue weighted by Gasteiger charge is -2.06. The first kappa shape index (κ1) is 17.0. The minimum atomic E-state index is -3.75. The zero-order chi connectivity index (χ0) is 16.3. The van der Waals surface area contributed by atoms with E-state index in [9.17, 15) is 13.2 Å². The summed E-state index contributed by atoms with van der Waals surface area (Å²) in [7, 11) is -3.75. The Bertz CT molecular complexity index is 797. The third-order valence-electron chi connectivity index (χ3n) is 3.22. The molecule has 1 aromatic carbocycles. The van der Waals surface area contributed by atoms with Gasteiger partial charge in [-0.2, -0.15) is 0 Å². The predicted molar refractivity (Wildman–Crippen MR) is 87.4 cm³/mol. The zero-order valence-electron chi connectivity index (χ0n) is 12.6. The van der Waals surface area contributed by atoms with Crippen LogP contribution in [0.15, 0.2) is 28.3 Å². The first-order chi connectivity index (χ1) is 10.4. The number of aryl methyl sites for hydroxylation is 1. The Morgan fingerprint density at radius 2 is 2.09 bits per heavy atom. The van der Waals surface area contributed by atoms with Crippen molar-refractivity contribution < 1.29 is 13.2 Å². The number of ketones is 1. The number of imidazole rings is 1. The van der Waals surface area contributed by atoms with Gasteiger partial charge >= 0.3 is 0 Å². The van der Waals surface area contributed by atoms with E-state index in [2.05, 4.69) is 11.9 Å². The summed E-state index contributed by atoms with van der Waals surface area (Å²) in [6, 6.07) is 4.67. The number of hydrogen-bond acceptors (Lipinski definition) is 5. The van der Waals surface area contributed by atoms with E-state index in [0.29, 0.717) is 17.7 Å². The van der Waals surface area contributed by atoms with Gasteiger partial charge in [0.25, 0.3) is 0 Å². The van der Waals surface area contributed by atoms with E-state index >= 15 is 0 Å². The standard InChI is InChI=1S/C14H19N3O3S2/c1-3-7-17-13-6-5-11(22(15,19)20)8-12(13)16-14(17)21-9-10(18)4-2/h5-6,8H,3-4,7,9H2,1-2H3,(H2,15,19,20). The van der Waals surface area contributed by atoms with E-state index in [1.807, 2.05) is 11.5 Å². The lowest BCUT2D eigenvalue weighted by Crippen LogP contribution is -2.11. The van der Waals surface area contributed by atoms with Crippen LogP contribution in [-0.4, -0.2) is 29.5 Å². The number of thioether (sulfide) groups is 1. The maximum atomic E-state index is 11.5. The molecule has 0 spiro atoms. The molecule has 0 aliphatic rings. The molecule has 22 heavy (non-hydrogen) atoms. The van der Waals surface area contributed by atoms with E-state index < -0.39 is 10.0 Å². The van der Waals surface area contributed by atoms with Crippen LogP contribution < -0.4 is 5.14 Å². The van der Waals surface area contributed by atoms with Crippen molar-refractivity contribution in [3.8, 4) is 0 Å². The summed E-state index contributed by atoms with van der Waals surface area (Å²) < 4.78 is 24.9. The molecule has 0 unspecified atom stereocenters. The molecule has 0 atom stereocenters. The van der Waals surface area contributed by atoms with E-state index in [1.165, 1.54) is 23.9 Å². The van der Waals surface area contributed by atoms with Gasteiger partial charge < -0.3 is 4.57 Å². The van der Waals surface area contributed by atoms with Crippen LogP contribution in [0, 0.1) is 0 Å². The Morgan fingerprint density at radius 1 is 1.36 bits per heavy atom. The van der Waals surface area contributed by atoms with Gasteiger partial charge in [-0.3, -0.25) is 4.79 Å². The summed E-state index contributed by atoms with van der Waals surface area (Å²) >= 11 is 1.38. The van der Waals surface area contributed by atoms with E-state index in [0.717, 1.165) is 23.6 Å². The van der Waals surface area contributed by atoms with Crippen molar-refractivity contribution in [3.05, 3.63) is 18.2 Å². The number of benzene rings is 1. The zero-order valence-corrected chi connectivity index (χ0v) is 14.2. The normalized spacial score (nSPS) is 12.0. The first-order valence-corrected chi connectivity index (χ1v) is 9.57. The Balaban J connectivity index is 2.46. The highest BCUT2D eigenvalue weighted by molar-refractivity contribution is 7.99. The number of nitrogens with two attached hydrogens (primary N) is 1. The molecule has 2 aromatic rings. The third kappa shape index (κ3) is 3.68. The fraction of sp³-hybridized carbons (Fsp3) is 0.429. The van der Waals surface area contributed by atoms with Crippen LogP contribution in [0.1, 0.15) is 26.7 Å². The molecule has 1 aromatic heterocycles. The van der Waals surface area contributed by atoms with Crippen molar-refractivity contribution in [1.29, 1.82) is 0 Å². The van der Waals surface area contributed by atoms with Crippen LogP contribution in [0.4, 0.5) is 0 Å². The lowest BCUT2D eigenvalue weighted by atomic mass is 10.3. The molecular formula is C14H19N3O3S2. The van der Waals surface area contributed by atoms with Crippen LogP contribution in [0.3, 0.4) is 0 Å². The van der Waals surface area contributed by atoms with Gasteiger partial charge in [0.2, 0.25) is 10.0 Å². The number of aromatic nitrogens is 2. The Labute approximate surface area is 134 Å². The van der Waals surface area contributed by atoms with Crippen molar-refractivity contribution in [2.45, 2.75) is 43.3 Å². The number of nitrogens with zero attached hydrogens (tertiary/aromatic N) is 2. The van der Waals surface area contributed by atoms with E-state index in [-0.39, 0.29) is 10.7 Å². The molecule has 8 heteroatoms. The van der Waals surface area contributed by atoms with E-state index in [4.69, 9.17) is 5.14 Å². The number of primary sulfonamides is 1. The smallest absolute Gasteiger partial charge is 0.238 e. The summed E-state index contributed by atoms with van der Waals surface area (Å²) in [5, 5.41) is 5.88. The average Bonchev–Trinajstić information content (AvgIpc) is 2.81. The number of rotatable bonds is 7. The fourth-order valence-corrected chi connectivity index (χ4v) is 3.60. The predicted octanol–water partition coefficient (Wildman–Crippen LogP) is 2.16. The monoisotopic (exact) mass is 341 g/mol. The Morgan fingerprint density at radius 3 is 2.68 bits per heavy atom. The molecule has 2 rings (SSSR count). The van der Waals surface area contributed by atoms with Crippen molar-refractivity contribution in [2.75, 3.05) is 5.75 Å². The first-order valence-electron chi connectivity index (χ1n) is 7.04. The minimum Gasteiger partial charge on any atom is -0.319 e. The number of carbonyl (C=O) groups excluding carboxylic acids is 1. The number of hydrogen-bond donors (Lipinski definition) is 1. The minimum absolute atomic E-state index is 0.0438. The lowest BCUT2D eigenvalue weighted by molar-refractivity contribution is -0.116. The highest BCUT2D eigenvalue weighted by atomic mass is 32.2. The van der Waals surface area contributed by atoms with Crippen molar-refractivity contribution >= 4 is 38.6 Å². The highest BCUT2D eigenvalue weighted by Crippen LogP contribution is 2.26. The van der Waals surface area contributed by atoms with Crippen LogP contribution in [0.2, 0.25) is 0 Å². The molecule has 0 bridgehead atoms. The second kappa shape index (κ2) is 6.80. The molecule has 0 fully saturated rings. The van der Waals surface area contributed by atoms with Crippen molar-refractivity contribution in [2.24, 2.45) is 5.14 Å². The number of sulfonamides is 1.